The van der Waals surface area contributed by atoms with Gasteiger partial charge in [0.15, 0.2) is 0 Å². The molecule has 0 saturated carbocycles. The van der Waals surface area contributed by atoms with E-state index in [0.717, 1.165) is 70.6 Å². The van der Waals surface area contributed by atoms with Gasteiger partial charge in [0.25, 0.3) is 0 Å². The van der Waals surface area contributed by atoms with Crippen LogP contribution in [-0.4, -0.2) is 47.4 Å². The third kappa shape index (κ3) is 42.0. The van der Waals surface area contributed by atoms with Crippen LogP contribution in [-0.2, 0) is 14.3 Å². The lowest BCUT2D eigenvalue weighted by Gasteiger charge is -2.19. The first-order chi connectivity index (χ1) is 27.5. The summed E-state index contributed by atoms with van der Waals surface area (Å²) in [6.45, 7) is 4.85. The van der Waals surface area contributed by atoms with Gasteiger partial charge in [0, 0.05) is 12.8 Å². The topological polar surface area (TPSA) is 95.9 Å². The van der Waals surface area contributed by atoms with Crippen LogP contribution in [0.2, 0.25) is 0 Å². The number of carbonyl (C=O) groups excluding carboxylic acids is 2. The second kappa shape index (κ2) is 46.0. The number of carbonyl (C=O) groups is 2. The molecule has 6 heteroatoms. The van der Waals surface area contributed by atoms with E-state index in [4.69, 9.17) is 4.74 Å². The molecule has 0 aromatic rings. The maximum Gasteiger partial charge on any atom is 0.305 e. The number of nitrogens with one attached hydrogen (secondary N) is 1. The Kier molecular flexibility index (Phi) is 44.7. The van der Waals surface area contributed by atoms with Crippen LogP contribution < -0.4 is 5.32 Å². The number of rotatable bonds is 45. The normalized spacial score (nSPS) is 12.9. The minimum absolute atomic E-state index is 0.0124. The summed E-state index contributed by atoms with van der Waals surface area (Å²) >= 11 is 0. The van der Waals surface area contributed by atoms with Gasteiger partial charge in [-0.05, 0) is 57.8 Å². The number of hydrogen-bond acceptors (Lipinski definition) is 5. The summed E-state index contributed by atoms with van der Waals surface area (Å²) in [5.74, 6) is -0.111. The predicted molar refractivity (Wildman–Crippen MR) is 241 cm³/mol. The van der Waals surface area contributed by atoms with Crippen molar-refractivity contribution in [1.29, 1.82) is 0 Å². The van der Waals surface area contributed by atoms with Gasteiger partial charge in [-0.1, -0.05) is 212 Å². The molecule has 0 saturated heterocycles. The van der Waals surface area contributed by atoms with Gasteiger partial charge < -0.3 is 20.3 Å². The molecule has 0 aliphatic carbocycles. The summed E-state index contributed by atoms with van der Waals surface area (Å²) < 4.78 is 5.45. The molecule has 2 unspecified atom stereocenters. The summed E-state index contributed by atoms with van der Waals surface area (Å²) in [5, 5.41) is 22.9. The van der Waals surface area contributed by atoms with E-state index in [2.05, 4.69) is 31.3 Å². The first-order valence-electron chi connectivity index (χ1n) is 24.6. The molecule has 6 nitrogen and oxygen atoms in total. The largest absolute Gasteiger partial charge is 0.466 e. The van der Waals surface area contributed by atoms with E-state index < -0.39 is 12.1 Å². The Bertz CT molecular complexity index is 874. The average molecular weight is 790 g/mol. The second-order valence-corrected chi connectivity index (χ2v) is 16.8. The SMILES string of the molecule is CCCCCCCCCCCC/C=C/C(O)C(CO)NC(=O)CCCCC/C=C\CCCCCCCCOC(=O)CCCCCCCCCCCCCCCC. The molecule has 2 atom stereocenters. The zero-order chi connectivity index (χ0) is 40.8. The van der Waals surface area contributed by atoms with Gasteiger partial charge in [-0.3, -0.25) is 9.59 Å². The molecule has 0 radical (unpaired) electrons. The fraction of sp³-hybridized carbons (Fsp3) is 0.880. The summed E-state index contributed by atoms with van der Waals surface area (Å²) in [7, 11) is 0. The van der Waals surface area contributed by atoms with E-state index in [-0.39, 0.29) is 18.5 Å². The number of aliphatic hydroxyl groups is 2. The number of esters is 1. The standard InChI is InChI=1S/C50H95NO5/c1-3-5-7-9-11-13-15-17-20-24-28-32-36-40-44-50(55)56-45-41-37-33-29-25-21-18-19-23-27-31-35-39-43-49(54)51-47(46-52)48(53)42-38-34-30-26-22-16-14-12-10-8-6-4-2/h19,23,38,42,47-48,52-53H,3-18,20-22,24-37,39-41,43-46H2,1-2H3,(H,51,54)/b23-19-,42-38+. The Morgan fingerprint density at radius 1 is 0.482 bits per heavy atom. The van der Waals surface area contributed by atoms with Crippen LogP contribution >= 0.6 is 0 Å². The van der Waals surface area contributed by atoms with Crippen LogP contribution in [0.25, 0.3) is 0 Å². The number of hydrogen-bond donors (Lipinski definition) is 3. The van der Waals surface area contributed by atoms with Gasteiger partial charge in [-0.15, -0.1) is 0 Å². The van der Waals surface area contributed by atoms with Gasteiger partial charge in [0.1, 0.15) is 0 Å². The zero-order valence-electron chi connectivity index (χ0n) is 37.4. The van der Waals surface area contributed by atoms with E-state index in [1.807, 2.05) is 6.08 Å². The van der Waals surface area contributed by atoms with Gasteiger partial charge in [0.2, 0.25) is 5.91 Å². The number of allylic oxidation sites excluding steroid dienone is 3. The lowest BCUT2D eigenvalue weighted by atomic mass is 10.0. The summed E-state index contributed by atoms with van der Waals surface area (Å²) in [6.07, 6.45) is 53.1. The molecular formula is C50H95NO5. The van der Waals surface area contributed by atoms with Crippen molar-refractivity contribution >= 4 is 11.9 Å². The van der Waals surface area contributed by atoms with Crippen LogP contribution in [0, 0.1) is 0 Å². The molecule has 0 spiro atoms. The molecule has 0 heterocycles. The molecule has 330 valence electrons. The Balaban J connectivity index is 3.52. The molecule has 3 N–H and O–H groups in total. The summed E-state index contributed by atoms with van der Waals surface area (Å²) in [4.78, 5) is 24.4. The molecule has 0 aromatic heterocycles. The minimum Gasteiger partial charge on any atom is -0.466 e. The van der Waals surface area contributed by atoms with Crippen molar-refractivity contribution in [2.24, 2.45) is 0 Å². The predicted octanol–water partition coefficient (Wildman–Crippen LogP) is 14.3. The van der Waals surface area contributed by atoms with Crippen molar-refractivity contribution in [2.75, 3.05) is 13.2 Å². The molecule has 0 rings (SSSR count). The summed E-state index contributed by atoms with van der Waals surface area (Å²) in [5.41, 5.74) is 0. The highest BCUT2D eigenvalue weighted by Crippen LogP contribution is 2.15. The Morgan fingerprint density at radius 3 is 1.29 bits per heavy atom. The Hall–Kier alpha value is -1.66. The van der Waals surface area contributed by atoms with Crippen LogP contribution in [0.4, 0.5) is 0 Å². The smallest absolute Gasteiger partial charge is 0.305 e. The quantitative estimate of drug-likeness (QED) is 0.0324. The molecule has 0 fully saturated rings. The molecule has 1 amide bonds. The minimum atomic E-state index is -0.859. The fourth-order valence-electron chi connectivity index (χ4n) is 7.39. The third-order valence-corrected chi connectivity index (χ3v) is 11.2. The Morgan fingerprint density at radius 2 is 0.839 bits per heavy atom. The van der Waals surface area contributed by atoms with E-state index in [1.165, 1.54) is 161 Å². The lowest BCUT2D eigenvalue weighted by molar-refractivity contribution is -0.143. The number of amides is 1. The van der Waals surface area contributed by atoms with Gasteiger partial charge in [-0.25, -0.2) is 0 Å². The van der Waals surface area contributed by atoms with E-state index in [1.54, 1.807) is 6.08 Å². The van der Waals surface area contributed by atoms with Crippen LogP contribution in [0.1, 0.15) is 258 Å². The highest BCUT2D eigenvalue weighted by Gasteiger charge is 2.18. The van der Waals surface area contributed by atoms with Crippen molar-refractivity contribution < 1.29 is 24.5 Å². The molecular weight excluding hydrogens is 695 g/mol. The molecule has 56 heavy (non-hydrogen) atoms. The van der Waals surface area contributed by atoms with E-state index in [9.17, 15) is 19.8 Å². The number of unbranched alkanes of at least 4 members (excludes halogenated alkanes) is 32. The van der Waals surface area contributed by atoms with Crippen molar-refractivity contribution in [1.82, 2.24) is 5.32 Å². The second-order valence-electron chi connectivity index (χ2n) is 16.8. The van der Waals surface area contributed by atoms with Crippen LogP contribution in [0.15, 0.2) is 24.3 Å². The van der Waals surface area contributed by atoms with Crippen molar-refractivity contribution in [3.05, 3.63) is 24.3 Å². The lowest BCUT2D eigenvalue weighted by Crippen LogP contribution is -2.45. The van der Waals surface area contributed by atoms with Crippen LogP contribution in [0.5, 0.6) is 0 Å². The maximum atomic E-state index is 12.4. The van der Waals surface area contributed by atoms with Crippen LogP contribution in [0.3, 0.4) is 0 Å². The first kappa shape index (κ1) is 54.3. The van der Waals surface area contributed by atoms with Gasteiger partial charge >= 0.3 is 5.97 Å². The van der Waals surface area contributed by atoms with Crippen molar-refractivity contribution in [2.45, 2.75) is 270 Å². The fourth-order valence-corrected chi connectivity index (χ4v) is 7.39. The molecule has 0 aliphatic heterocycles. The van der Waals surface area contributed by atoms with Gasteiger partial charge in [-0.2, -0.15) is 0 Å². The van der Waals surface area contributed by atoms with Crippen molar-refractivity contribution in [3.63, 3.8) is 0 Å². The molecule has 0 aliphatic rings. The molecule has 0 aromatic carbocycles. The maximum absolute atomic E-state index is 12.4. The van der Waals surface area contributed by atoms with E-state index in [0.29, 0.717) is 19.4 Å². The number of aliphatic hydroxyl groups excluding tert-OH is 2. The zero-order valence-corrected chi connectivity index (χ0v) is 37.4. The number of ether oxygens (including phenoxy) is 1. The van der Waals surface area contributed by atoms with Crippen molar-refractivity contribution in [3.8, 4) is 0 Å². The van der Waals surface area contributed by atoms with E-state index >= 15 is 0 Å². The molecule has 0 bridgehead atoms. The Labute approximate surface area is 348 Å². The highest BCUT2D eigenvalue weighted by molar-refractivity contribution is 5.76. The average Bonchev–Trinajstić information content (AvgIpc) is 3.20. The van der Waals surface area contributed by atoms with Gasteiger partial charge in [0.05, 0.1) is 25.4 Å². The highest BCUT2D eigenvalue weighted by atomic mass is 16.5. The monoisotopic (exact) mass is 790 g/mol. The third-order valence-electron chi connectivity index (χ3n) is 11.2. The first-order valence-corrected chi connectivity index (χ1v) is 24.6. The summed E-state index contributed by atoms with van der Waals surface area (Å²) in [6, 6.07) is -0.646.